The van der Waals surface area contributed by atoms with Gasteiger partial charge < -0.3 is 5.32 Å². The second kappa shape index (κ2) is 5.11. The van der Waals surface area contributed by atoms with Crippen molar-refractivity contribution in [2.24, 2.45) is 0 Å². The summed E-state index contributed by atoms with van der Waals surface area (Å²) in [6, 6.07) is 3.84. The Hall–Kier alpha value is -2.34. The summed E-state index contributed by atoms with van der Waals surface area (Å²) < 4.78 is 0. The lowest BCUT2D eigenvalue weighted by Gasteiger charge is -2.07. The van der Waals surface area contributed by atoms with Crippen molar-refractivity contribution < 1.29 is 0 Å². The normalized spacial score (nSPS) is 10.6. The number of hydrogen-bond donors (Lipinski definition) is 1. The Labute approximate surface area is 113 Å². The van der Waals surface area contributed by atoms with E-state index in [4.69, 9.17) is 11.6 Å². The number of nitrogens with zero attached hydrogens (tertiary/aromatic N) is 5. The zero-order chi connectivity index (χ0) is 13.1. The second-order valence-electron chi connectivity index (χ2n) is 3.78. The Bertz CT molecular complexity index is 703. The number of halogens is 1. The summed E-state index contributed by atoms with van der Waals surface area (Å²) in [4.78, 5) is 20.5. The predicted molar refractivity (Wildman–Crippen MR) is 71.7 cm³/mol. The molecule has 0 aromatic carbocycles. The lowest BCUT2D eigenvalue weighted by molar-refractivity contribution is 1.07. The van der Waals surface area contributed by atoms with Crippen LogP contribution in [-0.2, 0) is 6.54 Å². The van der Waals surface area contributed by atoms with Crippen LogP contribution < -0.4 is 5.32 Å². The highest BCUT2D eigenvalue weighted by molar-refractivity contribution is 6.28. The molecule has 0 saturated heterocycles. The van der Waals surface area contributed by atoms with Gasteiger partial charge in [-0.25, -0.2) is 9.97 Å². The first-order chi connectivity index (χ1) is 9.33. The third-order valence-electron chi connectivity index (χ3n) is 2.51. The van der Waals surface area contributed by atoms with Gasteiger partial charge in [-0.3, -0.25) is 4.98 Å². The summed E-state index contributed by atoms with van der Waals surface area (Å²) >= 11 is 5.87. The molecule has 94 valence electrons. The van der Waals surface area contributed by atoms with Gasteiger partial charge in [0.25, 0.3) is 0 Å². The highest BCUT2D eigenvalue weighted by Gasteiger charge is 2.08. The minimum absolute atomic E-state index is 0.144. The first-order valence-electron chi connectivity index (χ1n) is 5.60. The van der Waals surface area contributed by atoms with E-state index < -0.39 is 0 Å². The van der Waals surface area contributed by atoms with Crippen LogP contribution in [0.3, 0.4) is 0 Å². The van der Waals surface area contributed by atoms with Gasteiger partial charge in [0.2, 0.25) is 5.28 Å². The molecule has 19 heavy (non-hydrogen) atoms. The van der Waals surface area contributed by atoms with Gasteiger partial charge >= 0.3 is 0 Å². The van der Waals surface area contributed by atoms with Gasteiger partial charge in [-0.15, -0.1) is 0 Å². The topological polar surface area (TPSA) is 76.5 Å². The molecular formula is C12H9ClN6. The average Bonchev–Trinajstić information content (AvgIpc) is 2.45. The van der Waals surface area contributed by atoms with Crippen LogP contribution in [0, 0.1) is 0 Å². The summed E-state index contributed by atoms with van der Waals surface area (Å²) in [5.74, 6) is 0.569. The minimum atomic E-state index is 0.144. The molecule has 0 spiro atoms. The number of rotatable bonds is 3. The van der Waals surface area contributed by atoms with E-state index >= 15 is 0 Å². The van der Waals surface area contributed by atoms with Crippen LogP contribution >= 0.6 is 11.6 Å². The second-order valence-corrected chi connectivity index (χ2v) is 4.12. The van der Waals surface area contributed by atoms with Gasteiger partial charge in [-0.1, -0.05) is 0 Å². The van der Waals surface area contributed by atoms with Crippen molar-refractivity contribution in [3.05, 3.63) is 47.8 Å². The monoisotopic (exact) mass is 272 g/mol. The van der Waals surface area contributed by atoms with Gasteiger partial charge in [-0.2, -0.15) is 9.97 Å². The fourth-order valence-electron chi connectivity index (χ4n) is 1.65. The summed E-state index contributed by atoms with van der Waals surface area (Å²) in [6.45, 7) is 0.599. The molecule has 0 aliphatic rings. The van der Waals surface area contributed by atoms with Crippen molar-refractivity contribution >= 4 is 28.6 Å². The number of anilines is 1. The average molecular weight is 273 g/mol. The van der Waals surface area contributed by atoms with E-state index in [1.165, 1.54) is 0 Å². The summed E-state index contributed by atoms with van der Waals surface area (Å²) in [6.07, 6.45) is 6.64. The van der Waals surface area contributed by atoms with Crippen molar-refractivity contribution in [1.29, 1.82) is 0 Å². The Balaban J connectivity index is 1.92. The van der Waals surface area contributed by atoms with Gasteiger partial charge in [0.15, 0.2) is 17.0 Å². The largest absolute Gasteiger partial charge is 0.364 e. The van der Waals surface area contributed by atoms with Crippen molar-refractivity contribution in [2.75, 3.05) is 5.32 Å². The van der Waals surface area contributed by atoms with E-state index in [1.54, 1.807) is 24.8 Å². The number of pyridine rings is 1. The molecule has 0 aliphatic carbocycles. The molecule has 3 aromatic heterocycles. The van der Waals surface area contributed by atoms with E-state index in [2.05, 4.69) is 30.2 Å². The van der Waals surface area contributed by atoms with Crippen LogP contribution in [0.1, 0.15) is 5.56 Å². The highest BCUT2D eigenvalue weighted by Crippen LogP contribution is 2.18. The smallest absolute Gasteiger partial charge is 0.226 e. The first-order valence-corrected chi connectivity index (χ1v) is 5.98. The fourth-order valence-corrected chi connectivity index (χ4v) is 1.81. The Kier molecular flexibility index (Phi) is 3.16. The third-order valence-corrected chi connectivity index (χ3v) is 2.68. The van der Waals surface area contributed by atoms with Crippen molar-refractivity contribution in [2.45, 2.75) is 6.54 Å². The molecule has 0 fully saturated rings. The van der Waals surface area contributed by atoms with E-state index in [-0.39, 0.29) is 5.28 Å². The molecule has 0 radical (unpaired) electrons. The highest BCUT2D eigenvalue weighted by atomic mass is 35.5. The Morgan fingerprint density at radius 3 is 2.63 bits per heavy atom. The van der Waals surface area contributed by atoms with Crippen LogP contribution in [0.25, 0.3) is 11.2 Å². The molecule has 0 unspecified atom stereocenters. The Morgan fingerprint density at radius 2 is 1.79 bits per heavy atom. The van der Waals surface area contributed by atoms with Crippen LogP contribution in [0.15, 0.2) is 36.9 Å². The number of hydrogen-bond acceptors (Lipinski definition) is 6. The van der Waals surface area contributed by atoms with E-state index in [0.717, 1.165) is 5.56 Å². The summed E-state index contributed by atoms with van der Waals surface area (Å²) in [7, 11) is 0. The minimum Gasteiger partial charge on any atom is -0.364 e. The summed E-state index contributed by atoms with van der Waals surface area (Å²) in [5.41, 5.74) is 2.16. The molecule has 0 atom stereocenters. The number of fused-ring (bicyclic) bond motifs is 1. The molecule has 0 saturated carbocycles. The predicted octanol–water partition coefficient (Wildman–Crippen LogP) is 2.08. The van der Waals surface area contributed by atoms with Crippen LogP contribution in [0.4, 0.5) is 5.82 Å². The van der Waals surface area contributed by atoms with Gasteiger partial charge in [0.1, 0.15) is 0 Å². The quantitative estimate of drug-likeness (QED) is 0.736. The number of aromatic nitrogens is 5. The van der Waals surface area contributed by atoms with Gasteiger partial charge in [-0.05, 0) is 29.3 Å². The van der Waals surface area contributed by atoms with Crippen LogP contribution in [0.2, 0.25) is 5.28 Å². The molecule has 0 amide bonds. The van der Waals surface area contributed by atoms with E-state index in [9.17, 15) is 0 Å². The Morgan fingerprint density at radius 1 is 1.00 bits per heavy atom. The molecule has 3 heterocycles. The first kappa shape index (κ1) is 11.7. The zero-order valence-corrected chi connectivity index (χ0v) is 10.5. The maximum absolute atomic E-state index is 5.87. The van der Waals surface area contributed by atoms with Crippen LogP contribution in [0.5, 0.6) is 0 Å². The maximum Gasteiger partial charge on any atom is 0.226 e. The molecule has 7 heteroatoms. The zero-order valence-electron chi connectivity index (χ0n) is 9.79. The molecule has 3 rings (SSSR count). The van der Waals surface area contributed by atoms with Crippen molar-refractivity contribution in [3.63, 3.8) is 0 Å². The van der Waals surface area contributed by atoms with Crippen molar-refractivity contribution in [3.8, 4) is 0 Å². The van der Waals surface area contributed by atoms with Gasteiger partial charge in [0, 0.05) is 31.3 Å². The standard InChI is InChI=1S/C12H9ClN6/c13-12-18-10-9(15-5-6-16-10)11(19-12)17-7-8-1-3-14-4-2-8/h1-6H,7H2,(H,16,17,18,19). The van der Waals surface area contributed by atoms with Gasteiger partial charge in [0.05, 0.1) is 0 Å². The fraction of sp³-hybridized carbons (Fsp3) is 0.0833. The van der Waals surface area contributed by atoms with Crippen LogP contribution in [-0.4, -0.2) is 24.9 Å². The lowest BCUT2D eigenvalue weighted by Crippen LogP contribution is -2.04. The molecule has 3 aromatic rings. The summed E-state index contributed by atoms with van der Waals surface area (Å²) in [5, 5.41) is 3.32. The maximum atomic E-state index is 5.87. The molecular weight excluding hydrogens is 264 g/mol. The molecule has 1 N–H and O–H groups in total. The number of nitrogens with one attached hydrogen (secondary N) is 1. The van der Waals surface area contributed by atoms with E-state index in [1.807, 2.05) is 12.1 Å². The third kappa shape index (κ3) is 2.58. The van der Waals surface area contributed by atoms with Crippen molar-refractivity contribution in [1.82, 2.24) is 24.9 Å². The molecule has 6 nitrogen and oxygen atoms in total. The SMILES string of the molecule is Clc1nc(NCc2ccncc2)c2nccnc2n1. The van der Waals surface area contributed by atoms with E-state index in [0.29, 0.717) is 23.5 Å². The lowest BCUT2D eigenvalue weighted by atomic mass is 10.3. The molecule has 0 aliphatic heterocycles. The molecule has 0 bridgehead atoms.